The quantitative estimate of drug-likeness (QED) is 0.644. The smallest absolute Gasteiger partial charge is 0.226 e. The second kappa shape index (κ2) is 9.79. The lowest BCUT2D eigenvalue weighted by Gasteiger charge is -2.32. The Labute approximate surface area is 180 Å². The van der Waals surface area contributed by atoms with Gasteiger partial charge in [-0.05, 0) is 59.9 Å². The van der Waals surface area contributed by atoms with E-state index >= 15 is 0 Å². The first-order chi connectivity index (χ1) is 15.1. The van der Waals surface area contributed by atoms with Crippen molar-refractivity contribution in [1.82, 2.24) is 15.2 Å². The van der Waals surface area contributed by atoms with Crippen molar-refractivity contribution in [3.05, 3.63) is 89.8 Å². The van der Waals surface area contributed by atoms with Crippen LogP contribution in [0.5, 0.6) is 0 Å². The molecule has 2 heterocycles. The van der Waals surface area contributed by atoms with Crippen molar-refractivity contribution < 1.29 is 13.6 Å². The lowest BCUT2D eigenvalue weighted by molar-refractivity contribution is -0.121. The van der Waals surface area contributed by atoms with E-state index in [0.29, 0.717) is 12.0 Å². The van der Waals surface area contributed by atoms with Crippen LogP contribution in [0.2, 0.25) is 0 Å². The summed E-state index contributed by atoms with van der Waals surface area (Å²) in [7, 11) is 0. The molecule has 1 aromatic heterocycles. The number of hydrogen-bond donors (Lipinski definition) is 1. The molecule has 0 radical (unpaired) electrons. The summed E-state index contributed by atoms with van der Waals surface area (Å²) in [6.45, 7) is 2.57. The highest BCUT2D eigenvalue weighted by molar-refractivity contribution is 5.78. The Bertz CT molecular complexity index is 1030. The topological polar surface area (TPSA) is 45.2 Å². The molecule has 0 bridgehead atoms. The van der Waals surface area contributed by atoms with Crippen molar-refractivity contribution in [2.45, 2.75) is 31.8 Å². The molecule has 1 aliphatic heterocycles. The molecule has 0 spiro atoms. The molecule has 3 aromatic rings. The van der Waals surface area contributed by atoms with Gasteiger partial charge >= 0.3 is 0 Å². The van der Waals surface area contributed by atoms with Crippen LogP contribution >= 0.6 is 0 Å². The van der Waals surface area contributed by atoms with Gasteiger partial charge in [0.1, 0.15) is 0 Å². The second-order valence-corrected chi connectivity index (χ2v) is 7.95. The van der Waals surface area contributed by atoms with Crippen LogP contribution in [0, 0.1) is 11.6 Å². The Morgan fingerprint density at radius 1 is 0.968 bits per heavy atom. The predicted molar refractivity (Wildman–Crippen MR) is 116 cm³/mol. The summed E-state index contributed by atoms with van der Waals surface area (Å²) >= 11 is 0. The molecule has 1 fully saturated rings. The minimum atomic E-state index is -0.838. The number of likely N-dealkylation sites (tertiary alicyclic amines) is 1. The molecular weight excluding hydrogens is 396 g/mol. The van der Waals surface area contributed by atoms with E-state index in [0.717, 1.165) is 55.4 Å². The Kier molecular flexibility index (Phi) is 6.67. The van der Waals surface area contributed by atoms with Gasteiger partial charge in [0.2, 0.25) is 5.91 Å². The first kappa shape index (κ1) is 21.1. The Morgan fingerprint density at radius 3 is 2.52 bits per heavy atom. The number of benzene rings is 2. The number of piperidine rings is 1. The zero-order chi connectivity index (χ0) is 21.6. The third-order valence-electron chi connectivity index (χ3n) is 5.61. The molecule has 4 nitrogen and oxygen atoms in total. The average Bonchev–Trinajstić information content (AvgIpc) is 2.78. The van der Waals surface area contributed by atoms with Gasteiger partial charge in [0.25, 0.3) is 0 Å². The first-order valence-corrected chi connectivity index (χ1v) is 10.5. The maximum atomic E-state index is 13.6. The summed E-state index contributed by atoms with van der Waals surface area (Å²) in [4.78, 5) is 18.8. The van der Waals surface area contributed by atoms with Crippen molar-refractivity contribution in [2.75, 3.05) is 13.1 Å². The van der Waals surface area contributed by atoms with Gasteiger partial charge in [-0.3, -0.25) is 14.7 Å². The molecule has 0 atom stereocenters. The van der Waals surface area contributed by atoms with E-state index in [2.05, 4.69) is 15.2 Å². The number of carbonyl (C=O) groups excluding carboxylic acids is 1. The highest BCUT2D eigenvalue weighted by atomic mass is 19.2. The third-order valence-corrected chi connectivity index (χ3v) is 5.61. The van der Waals surface area contributed by atoms with Gasteiger partial charge in [-0.2, -0.15) is 0 Å². The van der Waals surface area contributed by atoms with E-state index in [4.69, 9.17) is 0 Å². The lowest BCUT2D eigenvalue weighted by Crippen LogP contribution is -2.44. The molecule has 6 heteroatoms. The molecule has 0 unspecified atom stereocenters. The van der Waals surface area contributed by atoms with E-state index in [1.54, 1.807) is 12.3 Å². The summed E-state index contributed by atoms with van der Waals surface area (Å²) in [6.07, 6.45) is 3.80. The SMILES string of the molecule is O=C(Cc1ccccn1)NC1CCN(Cc2cccc(-c3ccc(F)c(F)c3)c2)CC1. The van der Waals surface area contributed by atoms with Crippen LogP contribution in [0.15, 0.2) is 66.9 Å². The number of carbonyl (C=O) groups is 1. The Morgan fingerprint density at radius 2 is 1.77 bits per heavy atom. The van der Waals surface area contributed by atoms with Crippen LogP contribution in [0.1, 0.15) is 24.1 Å². The highest BCUT2D eigenvalue weighted by Crippen LogP contribution is 2.24. The van der Waals surface area contributed by atoms with Crippen molar-refractivity contribution in [3.63, 3.8) is 0 Å². The molecular formula is C25H25F2N3O. The number of amides is 1. The fourth-order valence-electron chi connectivity index (χ4n) is 3.96. The van der Waals surface area contributed by atoms with Crippen molar-refractivity contribution in [3.8, 4) is 11.1 Å². The van der Waals surface area contributed by atoms with Crippen molar-refractivity contribution in [1.29, 1.82) is 0 Å². The van der Waals surface area contributed by atoms with Crippen LogP contribution in [-0.4, -0.2) is 34.9 Å². The second-order valence-electron chi connectivity index (χ2n) is 7.95. The fraction of sp³-hybridized carbons (Fsp3) is 0.280. The number of halogens is 2. The van der Waals surface area contributed by atoms with Gasteiger partial charge in [0.05, 0.1) is 6.42 Å². The third kappa shape index (κ3) is 5.73. The molecule has 160 valence electrons. The molecule has 1 aliphatic rings. The maximum Gasteiger partial charge on any atom is 0.226 e. The molecule has 2 aromatic carbocycles. The summed E-state index contributed by atoms with van der Waals surface area (Å²) in [5.41, 5.74) is 3.43. The molecule has 31 heavy (non-hydrogen) atoms. The summed E-state index contributed by atoms with van der Waals surface area (Å²) in [5.74, 6) is -1.67. The number of nitrogens with zero attached hydrogens (tertiary/aromatic N) is 2. The lowest BCUT2D eigenvalue weighted by atomic mass is 10.0. The van der Waals surface area contributed by atoms with E-state index in [1.165, 1.54) is 6.07 Å². The van der Waals surface area contributed by atoms with Crippen LogP contribution in [0.25, 0.3) is 11.1 Å². The van der Waals surface area contributed by atoms with Gasteiger partial charge in [-0.1, -0.05) is 30.3 Å². The monoisotopic (exact) mass is 421 g/mol. The number of pyridine rings is 1. The standard InChI is InChI=1S/C25H25F2N3O/c26-23-8-7-20(15-24(23)27)19-5-3-4-18(14-19)17-30-12-9-21(10-13-30)29-25(31)16-22-6-1-2-11-28-22/h1-8,11,14-15,21H,9-10,12-13,16-17H2,(H,29,31). The van der Waals surface area contributed by atoms with Crippen molar-refractivity contribution >= 4 is 5.91 Å². The number of hydrogen-bond acceptors (Lipinski definition) is 3. The zero-order valence-electron chi connectivity index (χ0n) is 17.2. The van der Waals surface area contributed by atoms with Gasteiger partial charge in [0, 0.05) is 37.6 Å². The van der Waals surface area contributed by atoms with Gasteiger partial charge in [0.15, 0.2) is 11.6 Å². The summed E-state index contributed by atoms with van der Waals surface area (Å²) in [6, 6.07) is 17.7. The normalized spacial score (nSPS) is 15.0. The molecule has 1 N–H and O–H groups in total. The van der Waals surface area contributed by atoms with Crippen molar-refractivity contribution in [2.24, 2.45) is 0 Å². The van der Waals surface area contributed by atoms with Crippen LogP contribution in [0.4, 0.5) is 8.78 Å². The van der Waals surface area contributed by atoms with E-state index in [9.17, 15) is 13.6 Å². The summed E-state index contributed by atoms with van der Waals surface area (Å²) in [5, 5.41) is 3.12. The largest absolute Gasteiger partial charge is 0.353 e. The maximum absolute atomic E-state index is 13.6. The average molecular weight is 421 g/mol. The molecule has 1 saturated heterocycles. The van der Waals surface area contributed by atoms with E-state index < -0.39 is 11.6 Å². The summed E-state index contributed by atoms with van der Waals surface area (Å²) < 4.78 is 26.8. The van der Waals surface area contributed by atoms with Gasteiger partial charge < -0.3 is 5.32 Å². The first-order valence-electron chi connectivity index (χ1n) is 10.5. The molecule has 0 saturated carbocycles. The number of rotatable bonds is 6. The molecule has 1 amide bonds. The zero-order valence-corrected chi connectivity index (χ0v) is 17.2. The van der Waals surface area contributed by atoms with Crippen LogP contribution < -0.4 is 5.32 Å². The minimum Gasteiger partial charge on any atom is -0.353 e. The number of nitrogens with one attached hydrogen (secondary N) is 1. The Hall–Kier alpha value is -3.12. The minimum absolute atomic E-state index is 0.0105. The molecule has 0 aliphatic carbocycles. The molecule has 4 rings (SSSR count). The van der Waals surface area contributed by atoms with Crippen LogP contribution in [0.3, 0.4) is 0 Å². The number of aromatic nitrogens is 1. The van der Waals surface area contributed by atoms with Gasteiger partial charge in [-0.25, -0.2) is 8.78 Å². The van der Waals surface area contributed by atoms with Crippen LogP contribution in [-0.2, 0) is 17.8 Å². The highest BCUT2D eigenvalue weighted by Gasteiger charge is 2.21. The van der Waals surface area contributed by atoms with E-state index in [1.807, 2.05) is 42.5 Å². The van der Waals surface area contributed by atoms with Gasteiger partial charge in [-0.15, -0.1) is 0 Å². The fourth-order valence-corrected chi connectivity index (χ4v) is 3.96. The predicted octanol–water partition coefficient (Wildman–Crippen LogP) is 4.35. The Balaban J connectivity index is 1.29. The van der Waals surface area contributed by atoms with E-state index in [-0.39, 0.29) is 11.9 Å².